The van der Waals surface area contributed by atoms with E-state index in [1.165, 1.54) is 43.3 Å². The Bertz CT molecular complexity index is 1060. The summed E-state index contributed by atoms with van der Waals surface area (Å²) < 4.78 is 42.6. The van der Waals surface area contributed by atoms with Gasteiger partial charge in [0.15, 0.2) is 0 Å². The minimum absolute atomic E-state index is 0.109. The molecule has 0 saturated carbocycles. The molecule has 3 rings (SSSR count). The Hall–Kier alpha value is -2.97. The van der Waals surface area contributed by atoms with E-state index < -0.39 is 10.0 Å². The summed E-state index contributed by atoms with van der Waals surface area (Å²) in [6, 6.07) is 15.8. The number of halogens is 1. The molecular formula is C20H20FN3O3S. The maximum absolute atomic E-state index is 13.0. The number of amides is 1. The Kier molecular flexibility index (Phi) is 5.91. The van der Waals surface area contributed by atoms with E-state index in [1.807, 2.05) is 22.9 Å². The number of rotatable bonds is 7. The SMILES string of the molecule is CC(=O)Nc1ccc(S(=O)(=O)NCc2cccn2Cc2ccc(F)cc2)cc1. The smallest absolute Gasteiger partial charge is 0.240 e. The maximum atomic E-state index is 13.0. The van der Waals surface area contributed by atoms with Gasteiger partial charge in [0.05, 0.1) is 11.4 Å². The lowest BCUT2D eigenvalue weighted by Crippen LogP contribution is -2.24. The molecule has 2 N–H and O–H groups in total. The lowest BCUT2D eigenvalue weighted by molar-refractivity contribution is -0.114. The molecule has 0 fully saturated rings. The molecule has 28 heavy (non-hydrogen) atoms. The van der Waals surface area contributed by atoms with Crippen LogP contribution < -0.4 is 10.0 Å². The number of nitrogens with one attached hydrogen (secondary N) is 2. The van der Waals surface area contributed by atoms with E-state index in [1.54, 1.807) is 12.1 Å². The first-order chi connectivity index (χ1) is 13.3. The van der Waals surface area contributed by atoms with Crippen molar-refractivity contribution in [1.82, 2.24) is 9.29 Å². The molecular weight excluding hydrogens is 381 g/mol. The second-order valence-corrected chi connectivity index (χ2v) is 8.05. The van der Waals surface area contributed by atoms with Crippen LogP contribution in [0.15, 0.2) is 71.8 Å². The molecule has 3 aromatic rings. The summed E-state index contributed by atoms with van der Waals surface area (Å²) in [5.41, 5.74) is 2.22. The summed E-state index contributed by atoms with van der Waals surface area (Å²) >= 11 is 0. The van der Waals surface area contributed by atoms with Crippen LogP contribution in [0.2, 0.25) is 0 Å². The van der Waals surface area contributed by atoms with Crippen molar-refractivity contribution in [2.45, 2.75) is 24.9 Å². The van der Waals surface area contributed by atoms with Gasteiger partial charge in [-0.15, -0.1) is 0 Å². The van der Waals surface area contributed by atoms with Crippen molar-refractivity contribution in [2.75, 3.05) is 5.32 Å². The molecule has 1 aromatic heterocycles. The average Bonchev–Trinajstić information content (AvgIpc) is 3.09. The van der Waals surface area contributed by atoms with E-state index in [0.29, 0.717) is 12.2 Å². The van der Waals surface area contributed by atoms with Crippen molar-refractivity contribution in [3.8, 4) is 0 Å². The van der Waals surface area contributed by atoms with E-state index in [9.17, 15) is 17.6 Å². The predicted molar refractivity (Wildman–Crippen MR) is 105 cm³/mol. The molecule has 0 saturated heterocycles. The summed E-state index contributed by atoms with van der Waals surface area (Å²) in [6.07, 6.45) is 1.84. The molecule has 8 heteroatoms. The van der Waals surface area contributed by atoms with Gasteiger partial charge in [0.1, 0.15) is 5.82 Å². The van der Waals surface area contributed by atoms with Gasteiger partial charge in [-0.1, -0.05) is 12.1 Å². The third-order valence-corrected chi connectivity index (χ3v) is 5.54. The van der Waals surface area contributed by atoms with Gasteiger partial charge in [0.2, 0.25) is 15.9 Å². The van der Waals surface area contributed by atoms with Gasteiger partial charge >= 0.3 is 0 Å². The lowest BCUT2D eigenvalue weighted by Gasteiger charge is -2.11. The maximum Gasteiger partial charge on any atom is 0.240 e. The first-order valence-electron chi connectivity index (χ1n) is 8.59. The monoisotopic (exact) mass is 401 g/mol. The lowest BCUT2D eigenvalue weighted by atomic mass is 10.2. The van der Waals surface area contributed by atoms with Gasteiger partial charge in [-0.2, -0.15) is 0 Å². The topological polar surface area (TPSA) is 80.2 Å². The second kappa shape index (κ2) is 8.37. The highest BCUT2D eigenvalue weighted by Crippen LogP contribution is 2.15. The summed E-state index contributed by atoms with van der Waals surface area (Å²) in [7, 11) is -3.70. The summed E-state index contributed by atoms with van der Waals surface area (Å²) in [5, 5.41) is 2.59. The number of aromatic nitrogens is 1. The van der Waals surface area contributed by atoms with Crippen LogP contribution in [-0.2, 0) is 27.9 Å². The Balaban J connectivity index is 1.67. The molecule has 146 valence electrons. The number of nitrogens with zero attached hydrogens (tertiary/aromatic N) is 1. The molecule has 1 heterocycles. The molecule has 0 aliphatic carbocycles. The Labute approximate surface area is 163 Å². The van der Waals surface area contributed by atoms with Crippen molar-refractivity contribution < 1.29 is 17.6 Å². The highest BCUT2D eigenvalue weighted by Gasteiger charge is 2.15. The number of sulfonamides is 1. The van der Waals surface area contributed by atoms with Crippen molar-refractivity contribution >= 4 is 21.6 Å². The third-order valence-electron chi connectivity index (χ3n) is 4.12. The third kappa shape index (κ3) is 5.05. The van der Waals surface area contributed by atoms with Crippen LogP contribution in [0.1, 0.15) is 18.2 Å². The zero-order chi connectivity index (χ0) is 20.1. The largest absolute Gasteiger partial charge is 0.346 e. The Morgan fingerprint density at radius 1 is 1.04 bits per heavy atom. The summed E-state index contributed by atoms with van der Waals surface area (Å²) in [4.78, 5) is 11.2. The number of carbonyl (C=O) groups is 1. The first kappa shape index (κ1) is 19.8. The number of hydrogen-bond donors (Lipinski definition) is 2. The molecule has 0 aliphatic rings. The van der Waals surface area contributed by atoms with Crippen LogP contribution >= 0.6 is 0 Å². The van der Waals surface area contributed by atoms with E-state index in [-0.39, 0.29) is 23.2 Å². The highest BCUT2D eigenvalue weighted by molar-refractivity contribution is 7.89. The van der Waals surface area contributed by atoms with Crippen molar-refractivity contribution in [3.63, 3.8) is 0 Å². The quantitative estimate of drug-likeness (QED) is 0.638. The van der Waals surface area contributed by atoms with Gasteiger partial charge in [-0.25, -0.2) is 17.5 Å². The van der Waals surface area contributed by atoms with Crippen LogP contribution in [0.3, 0.4) is 0 Å². The zero-order valence-corrected chi connectivity index (χ0v) is 16.0. The molecule has 0 atom stereocenters. The summed E-state index contributed by atoms with van der Waals surface area (Å²) in [6.45, 7) is 2.01. The van der Waals surface area contributed by atoms with Gasteiger partial charge < -0.3 is 9.88 Å². The first-order valence-corrected chi connectivity index (χ1v) is 10.1. The zero-order valence-electron chi connectivity index (χ0n) is 15.2. The highest BCUT2D eigenvalue weighted by atomic mass is 32.2. The molecule has 0 unspecified atom stereocenters. The fourth-order valence-corrected chi connectivity index (χ4v) is 3.72. The molecule has 0 bridgehead atoms. The van der Waals surface area contributed by atoms with Gasteiger partial charge in [0.25, 0.3) is 0 Å². The van der Waals surface area contributed by atoms with Crippen LogP contribution in [0.5, 0.6) is 0 Å². The van der Waals surface area contributed by atoms with E-state index >= 15 is 0 Å². The number of benzene rings is 2. The normalized spacial score (nSPS) is 11.4. The van der Waals surface area contributed by atoms with Crippen LogP contribution in [0, 0.1) is 5.82 Å². The molecule has 2 aromatic carbocycles. The van der Waals surface area contributed by atoms with Gasteiger partial charge in [0, 0.05) is 31.0 Å². The predicted octanol–water partition coefficient (Wildman–Crippen LogP) is 3.11. The van der Waals surface area contributed by atoms with Crippen molar-refractivity contribution in [3.05, 3.63) is 83.9 Å². The van der Waals surface area contributed by atoms with Crippen LogP contribution in [0.25, 0.3) is 0 Å². The molecule has 1 amide bonds. The van der Waals surface area contributed by atoms with Crippen molar-refractivity contribution in [2.24, 2.45) is 0 Å². The van der Waals surface area contributed by atoms with Gasteiger partial charge in [-0.3, -0.25) is 4.79 Å². The molecule has 6 nitrogen and oxygen atoms in total. The van der Waals surface area contributed by atoms with Gasteiger partial charge in [-0.05, 0) is 54.1 Å². The Morgan fingerprint density at radius 3 is 2.36 bits per heavy atom. The second-order valence-electron chi connectivity index (χ2n) is 6.28. The van der Waals surface area contributed by atoms with Crippen LogP contribution in [0.4, 0.5) is 10.1 Å². The Morgan fingerprint density at radius 2 is 1.71 bits per heavy atom. The summed E-state index contributed by atoms with van der Waals surface area (Å²) in [5.74, 6) is -0.524. The number of hydrogen-bond acceptors (Lipinski definition) is 3. The fraction of sp³-hybridized carbons (Fsp3) is 0.150. The molecule has 0 radical (unpaired) electrons. The average molecular weight is 401 g/mol. The van der Waals surface area contributed by atoms with Crippen LogP contribution in [-0.4, -0.2) is 18.9 Å². The number of anilines is 1. The number of carbonyl (C=O) groups excluding carboxylic acids is 1. The molecule has 0 aliphatic heterocycles. The fourth-order valence-electron chi connectivity index (χ4n) is 2.72. The van der Waals surface area contributed by atoms with E-state index in [2.05, 4.69) is 10.0 Å². The standard InChI is InChI=1S/C20H20FN3O3S/c1-15(25)23-18-8-10-20(11-9-18)28(26,27)22-13-19-3-2-12-24(19)14-16-4-6-17(21)7-5-16/h2-12,22H,13-14H2,1H3,(H,23,25). The minimum atomic E-state index is -3.70. The molecule has 0 spiro atoms. The van der Waals surface area contributed by atoms with E-state index in [0.717, 1.165) is 11.3 Å². The van der Waals surface area contributed by atoms with E-state index in [4.69, 9.17) is 0 Å². The minimum Gasteiger partial charge on any atom is -0.346 e. The van der Waals surface area contributed by atoms with Crippen molar-refractivity contribution in [1.29, 1.82) is 0 Å².